The van der Waals surface area contributed by atoms with Crippen molar-refractivity contribution in [2.24, 2.45) is 0 Å². The van der Waals surface area contributed by atoms with Crippen LogP contribution in [0.4, 0.5) is 5.82 Å². The smallest absolute Gasteiger partial charge is 0.180 e. The van der Waals surface area contributed by atoms with E-state index in [1.165, 1.54) is 5.56 Å². The SMILES string of the molecule is CCc1ccc(-n2cc(CN3CCN(c4noc5ccccc45)CC3)nn2)cc1. The number of anilines is 1. The molecule has 0 saturated carbocycles. The number of hydrogen-bond donors (Lipinski definition) is 0. The first-order valence-corrected chi connectivity index (χ1v) is 10.1. The van der Waals surface area contributed by atoms with Crippen molar-refractivity contribution in [2.75, 3.05) is 31.1 Å². The summed E-state index contributed by atoms with van der Waals surface area (Å²) >= 11 is 0. The normalized spacial score (nSPS) is 15.3. The van der Waals surface area contributed by atoms with Crippen LogP contribution in [-0.2, 0) is 13.0 Å². The molecule has 0 unspecified atom stereocenters. The summed E-state index contributed by atoms with van der Waals surface area (Å²) in [4.78, 5) is 4.71. The number of aryl methyl sites for hydroxylation is 1. The van der Waals surface area contributed by atoms with Crippen molar-refractivity contribution in [3.63, 3.8) is 0 Å². The molecule has 148 valence electrons. The summed E-state index contributed by atoms with van der Waals surface area (Å²) < 4.78 is 7.31. The van der Waals surface area contributed by atoms with Crippen LogP contribution in [0.1, 0.15) is 18.2 Å². The molecule has 29 heavy (non-hydrogen) atoms. The molecule has 2 aromatic carbocycles. The first kappa shape index (κ1) is 17.9. The molecule has 7 nitrogen and oxygen atoms in total. The van der Waals surface area contributed by atoms with Crippen LogP contribution in [-0.4, -0.2) is 51.2 Å². The second-order valence-corrected chi connectivity index (χ2v) is 7.44. The van der Waals surface area contributed by atoms with Gasteiger partial charge < -0.3 is 9.42 Å². The highest BCUT2D eigenvalue weighted by molar-refractivity contribution is 5.88. The maximum Gasteiger partial charge on any atom is 0.180 e. The summed E-state index contributed by atoms with van der Waals surface area (Å²) in [7, 11) is 0. The number of para-hydroxylation sites is 1. The fourth-order valence-corrected chi connectivity index (χ4v) is 3.83. The second kappa shape index (κ2) is 7.67. The Labute approximate surface area is 169 Å². The van der Waals surface area contributed by atoms with Crippen LogP contribution < -0.4 is 4.90 Å². The van der Waals surface area contributed by atoms with Gasteiger partial charge in [0.05, 0.1) is 23.0 Å². The molecule has 0 N–H and O–H groups in total. The molecular formula is C22H24N6O. The van der Waals surface area contributed by atoms with E-state index in [0.29, 0.717) is 0 Å². The van der Waals surface area contributed by atoms with Crippen LogP contribution in [0.3, 0.4) is 0 Å². The van der Waals surface area contributed by atoms with Gasteiger partial charge in [-0.05, 0) is 36.2 Å². The van der Waals surface area contributed by atoms with Crippen molar-refractivity contribution in [3.05, 3.63) is 66.0 Å². The van der Waals surface area contributed by atoms with Gasteiger partial charge in [0.2, 0.25) is 0 Å². The van der Waals surface area contributed by atoms with Crippen LogP contribution in [0.15, 0.2) is 59.3 Å². The van der Waals surface area contributed by atoms with Gasteiger partial charge in [0, 0.05) is 32.7 Å². The largest absolute Gasteiger partial charge is 0.354 e. The van der Waals surface area contributed by atoms with Gasteiger partial charge in [0.1, 0.15) is 0 Å². The monoisotopic (exact) mass is 388 g/mol. The van der Waals surface area contributed by atoms with Crippen molar-refractivity contribution in [3.8, 4) is 5.69 Å². The highest BCUT2D eigenvalue weighted by Gasteiger charge is 2.22. The van der Waals surface area contributed by atoms with Crippen LogP contribution >= 0.6 is 0 Å². The molecule has 0 atom stereocenters. The summed E-state index contributed by atoms with van der Waals surface area (Å²) in [6.45, 7) is 6.72. The molecule has 0 spiro atoms. The molecule has 1 saturated heterocycles. The van der Waals surface area contributed by atoms with Crippen molar-refractivity contribution < 1.29 is 4.52 Å². The Balaban J connectivity index is 1.21. The zero-order chi connectivity index (χ0) is 19.6. The van der Waals surface area contributed by atoms with Gasteiger partial charge in [-0.15, -0.1) is 5.10 Å². The number of aromatic nitrogens is 4. The molecule has 5 rings (SSSR count). The van der Waals surface area contributed by atoms with Gasteiger partial charge >= 0.3 is 0 Å². The van der Waals surface area contributed by atoms with Crippen molar-refractivity contribution in [1.29, 1.82) is 0 Å². The quantitative estimate of drug-likeness (QED) is 0.523. The number of hydrogen-bond acceptors (Lipinski definition) is 6. The van der Waals surface area contributed by atoms with E-state index < -0.39 is 0 Å². The van der Waals surface area contributed by atoms with Crippen molar-refractivity contribution in [1.82, 2.24) is 25.1 Å². The Morgan fingerprint density at radius 2 is 1.76 bits per heavy atom. The van der Waals surface area contributed by atoms with E-state index in [1.54, 1.807) is 0 Å². The van der Waals surface area contributed by atoms with E-state index in [4.69, 9.17) is 4.52 Å². The third-order valence-electron chi connectivity index (χ3n) is 5.57. The molecule has 0 amide bonds. The Kier molecular flexibility index (Phi) is 4.73. The first-order valence-electron chi connectivity index (χ1n) is 10.1. The highest BCUT2D eigenvalue weighted by atomic mass is 16.5. The lowest BCUT2D eigenvalue weighted by Crippen LogP contribution is -2.46. The average Bonchev–Trinajstić information content (AvgIpc) is 3.42. The minimum atomic E-state index is 0.806. The molecule has 1 aliphatic heterocycles. The van der Waals surface area contributed by atoms with Gasteiger partial charge in [-0.3, -0.25) is 4.90 Å². The lowest BCUT2D eigenvalue weighted by molar-refractivity contribution is 0.245. The summed E-state index contributed by atoms with van der Waals surface area (Å²) in [5.74, 6) is 0.946. The van der Waals surface area contributed by atoms with Crippen molar-refractivity contribution >= 4 is 16.8 Å². The topological polar surface area (TPSA) is 63.2 Å². The number of rotatable bonds is 5. The fraction of sp³-hybridized carbons (Fsp3) is 0.318. The Morgan fingerprint density at radius 1 is 0.966 bits per heavy atom. The maximum absolute atomic E-state index is 5.46. The Hall–Kier alpha value is -3.19. The standard InChI is InChI=1S/C22H24N6O/c1-2-17-7-9-19(10-8-17)28-16-18(23-25-28)15-26-11-13-27(14-12-26)22-20-5-3-4-6-21(20)29-24-22/h3-10,16H,2,11-15H2,1H3. The first-order chi connectivity index (χ1) is 14.3. The minimum Gasteiger partial charge on any atom is -0.354 e. The van der Waals surface area contributed by atoms with E-state index in [-0.39, 0.29) is 0 Å². The van der Waals surface area contributed by atoms with Crippen LogP contribution in [0.5, 0.6) is 0 Å². The third kappa shape index (κ3) is 3.61. The summed E-state index contributed by atoms with van der Waals surface area (Å²) in [5.41, 5.74) is 4.20. The molecular weight excluding hydrogens is 364 g/mol. The summed E-state index contributed by atoms with van der Waals surface area (Å²) in [6, 6.07) is 16.5. The van der Waals surface area contributed by atoms with Gasteiger partial charge in [-0.2, -0.15) is 0 Å². The molecule has 3 heterocycles. The van der Waals surface area contributed by atoms with Crippen LogP contribution in [0, 0.1) is 0 Å². The van der Waals surface area contributed by atoms with Gasteiger partial charge in [-0.1, -0.05) is 41.6 Å². The molecule has 1 fully saturated rings. The highest BCUT2D eigenvalue weighted by Crippen LogP contribution is 2.26. The maximum atomic E-state index is 5.46. The third-order valence-corrected chi connectivity index (χ3v) is 5.57. The molecule has 1 aliphatic rings. The Morgan fingerprint density at radius 3 is 2.55 bits per heavy atom. The van der Waals surface area contributed by atoms with E-state index in [1.807, 2.05) is 29.1 Å². The average molecular weight is 388 g/mol. The van der Waals surface area contributed by atoms with Gasteiger partial charge in [-0.25, -0.2) is 4.68 Å². The van der Waals surface area contributed by atoms with Crippen LogP contribution in [0.2, 0.25) is 0 Å². The lowest BCUT2D eigenvalue weighted by Gasteiger charge is -2.34. The van der Waals surface area contributed by atoms with Crippen molar-refractivity contribution in [2.45, 2.75) is 19.9 Å². The van der Waals surface area contributed by atoms with E-state index in [0.717, 1.165) is 67.3 Å². The van der Waals surface area contributed by atoms with E-state index in [2.05, 4.69) is 62.5 Å². The number of piperazine rings is 1. The number of nitrogens with zero attached hydrogens (tertiary/aromatic N) is 6. The fourth-order valence-electron chi connectivity index (χ4n) is 3.83. The zero-order valence-electron chi connectivity index (χ0n) is 16.5. The molecule has 0 bridgehead atoms. The summed E-state index contributed by atoms with van der Waals surface area (Å²) in [6.07, 6.45) is 3.07. The molecule has 2 aromatic heterocycles. The second-order valence-electron chi connectivity index (χ2n) is 7.44. The summed E-state index contributed by atoms with van der Waals surface area (Å²) in [5, 5.41) is 14.0. The van der Waals surface area contributed by atoms with Gasteiger partial charge in [0.25, 0.3) is 0 Å². The minimum absolute atomic E-state index is 0.806. The van der Waals surface area contributed by atoms with Crippen LogP contribution in [0.25, 0.3) is 16.7 Å². The predicted octanol–water partition coefficient (Wildman–Crippen LogP) is 3.29. The lowest BCUT2D eigenvalue weighted by atomic mass is 10.1. The van der Waals surface area contributed by atoms with E-state index >= 15 is 0 Å². The van der Waals surface area contributed by atoms with Gasteiger partial charge in [0.15, 0.2) is 11.4 Å². The Bertz CT molecular complexity index is 1090. The molecule has 0 radical (unpaired) electrons. The number of fused-ring (bicyclic) bond motifs is 1. The van der Waals surface area contributed by atoms with E-state index in [9.17, 15) is 0 Å². The molecule has 7 heteroatoms. The predicted molar refractivity (Wildman–Crippen MR) is 112 cm³/mol. The zero-order valence-corrected chi connectivity index (χ0v) is 16.5. The molecule has 0 aliphatic carbocycles. The molecule has 4 aromatic rings. The number of benzene rings is 2.